The molecular weight excluding hydrogens is 198 g/mol. The fraction of sp³-hybridized carbons (Fsp3) is 0.778. The molecule has 0 saturated carbocycles. The second kappa shape index (κ2) is 7.19. The molecule has 0 aromatic rings. The van der Waals surface area contributed by atoms with Gasteiger partial charge in [-0.25, -0.2) is 4.79 Å². The minimum absolute atomic E-state index is 0.168. The highest BCUT2D eigenvalue weighted by molar-refractivity contribution is 5.96. The van der Waals surface area contributed by atoms with E-state index in [1.807, 2.05) is 19.2 Å². The van der Waals surface area contributed by atoms with Gasteiger partial charge in [0.25, 0.3) is 0 Å². The van der Waals surface area contributed by atoms with E-state index in [9.17, 15) is 9.59 Å². The van der Waals surface area contributed by atoms with Gasteiger partial charge in [-0.2, -0.15) is 0 Å². The van der Waals surface area contributed by atoms with Crippen molar-refractivity contribution >= 4 is 11.9 Å². The first-order valence-corrected chi connectivity index (χ1v) is 4.88. The Morgan fingerprint density at radius 3 is 2.40 bits per heavy atom. The van der Waals surface area contributed by atoms with Crippen LogP contribution in [0, 0.1) is 0 Å². The van der Waals surface area contributed by atoms with Crippen LogP contribution >= 0.6 is 0 Å². The largest absolute Gasteiger partial charge is 0.377 e. The van der Waals surface area contributed by atoms with Gasteiger partial charge in [-0.15, -0.1) is 0 Å². The molecule has 1 unspecified atom stereocenters. The summed E-state index contributed by atoms with van der Waals surface area (Å²) in [5, 5.41) is 4.89. The Bertz CT molecular complexity index is 219. The van der Waals surface area contributed by atoms with Gasteiger partial charge in [0.1, 0.15) is 0 Å². The van der Waals surface area contributed by atoms with Crippen LogP contribution in [-0.2, 0) is 9.53 Å². The first-order chi connectivity index (χ1) is 6.93. The Hall–Kier alpha value is -1.14. The minimum atomic E-state index is -0.841. The number of rotatable bonds is 6. The molecule has 88 valence electrons. The van der Waals surface area contributed by atoms with Crippen molar-refractivity contribution in [2.24, 2.45) is 5.73 Å². The molecule has 4 N–H and O–H groups in total. The van der Waals surface area contributed by atoms with Gasteiger partial charge < -0.3 is 15.8 Å². The van der Waals surface area contributed by atoms with Crippen LogP contribution in [-0.4, -0.2) is 37.2 Å². The van der Waals surface area contributed by atoms with Gasteiger partial charge >= 0.3 is 6.03 Å². The summed E-state index contributed by atoms with van der Waals surface area (Å²) in [5.74, 6) is -0.438. The summed E-state index contributed by atoms with van der Waals surface area (Å²) in [5.41, 5.74) is 4.80. The first kappa shape index (κ1) is 13.9. The van der Waals surface area contributed by atoms with Crippen molar-refractivity contribution in [3.8, 4) is 0 Å². The lowest BCUT2D eigenvalue weighted by Crippen LogP contribution is -2.47. The second-order valence-electron chi connectivity index (χ2n) is 3.45. The molecule has 0 aliphatic heterocycles. The Kier molecular flexibility index (Phi) is 6.64. The van der Waals surface area contributed by atoms with Crippen molar-refractivity contribution in [3.05, 3.63) is 0 Å². The van der Waals surface area contributed by atoms with E-state index in [1.54, 1.807) is 6.92 Å². The van der Waals surface area contributed by atoms with E-state index in [-0.39, 0.29) is 6.10 Å². The fourth-order valence-corrected chi connectivity index (χ4v) is 0.892. The molecule has 6 heteroatoms. The van der Waals surface area contributed by atoms with Crippen LogP contribution in [0.4, 0.5) is 4.79 Å². The topological polar surface area (TPSA) is 93.4 Å². The Morgan fingerprint density at radius 2 is 1.93 bits per heavy atom. The van der Waals surface area contributed by atoms with Crippen LogP contribution in [0.3, 0.4) is 0 Å². The number of ether oxygens (including phenoxy) is 1. The molecule has 0 bridgehead atoms. The second-order valence-corrected chi connectivity index (χ2v) is 3.45. The van der Waals surface area contributed by atoms with Crippen LogP contribution in [0.1, 0.15) is 20.8 Å². The van der Waals surface area contributed by atoms with Gasteiger partial charge in [-0.3, -0.25) is 10.1 Å². The molecule has 3 amide bonds. The summed E-state index contributed by atoms with van der Waals surface area (Å²) in [6.07, 6.45) is 0.168. The van der Waals surface area contributed by atoms with Crippen LogP contribution < -0.4 is 16.4 Å². The lowest BCUT2D eigenvalue weighted by Gasteiger charge is -2.13. The quantitative estimate of drug-likeness (QED) is 0.527. The molecule has 0 aliphatic carbocycles. The van der Waals surface area contributed by atoms with Gasteiger partial charge in [0.2, 0.25) is 5.91 Å². The number of primary amides is 1. The summed E-state index contributed by atoms with van der Waals surface area (Å²) >= 11 is 0. The number of hydrogen-bond acceptors (Lipinski definition) is 4. The predicted molar refractivity (Wildman–Crippen MR) is 56.3 cm³/mol. The highest BCUT2D eigenvalue weighted by Gasteiger charge is 2.12. The number of carbonyl (C=O) groups excluding carboxylic acids is 2. The summed E-state index contributed by atoms with van der Waals surface area (Å²) in [6, 6.07) is -1.31. The van der Waals surface area contributed by atoms with Crippen LogP contribution in [0.15, 0.2) is 0 Å². The molecule has 0 aliphatic rings. The molecule has 0 saturated heterocycles. The Balaban J connectivity index is 3.60. The molecule has 0 aromatic heterocycles. The molecule has 0 fully saturated rings. The maximum absolute atomic E-state index is 11.2. The number of nitrogens with two attached hydrogens (primary N) is 1. The number of hydrogen-bond donors (Lipinski definition) is 3. The zero-order chi connectivity index (χ0) is 11.8. The molecule has 0 heterocycles. The van der Waals surface area contributed by atoms with Crippen LogP contribution in [0.2, 0.25) is 0 Å². The summed E-state index contributed by atoms with van der Waals surface area (Å²) in [7, 11) is 0. The van der Waals surface area contributed by atoms with Crippen molar-refractivity contribution in [1.82, 2.24) is 10.6 Å². The number of amides is 3. The smallest absolute Gasteiger partial charge is 0.318 e. The lowest BCUT2D eigenvalue weighted by atomic mass is 10.3. The first-order valence-electron chi connectivity index (χ1n) is 4.88. The summed E-state index contributed by atoms with van der Waals surface area (Å²) in [4.78, 5) is 21.5. The highest BCUT2D eigenvalue weighted by Crippen LogP contribution is 1.86. The summed E-state index contributed by atoms with van der Waals surface area (Å²) in [6.45, 7) is 6.58. The van der Waals surface area contributed by atoms with E-state index in [0.29, 0.717) is 13.2 Å². The molecule has 1 atom stereocenters. The molecule has 0 spiro atoms. The van der Waals surface area contributed by atoms with Crippen molar-refractivity contribution in [1.29, 1.82) is 0 Å². The van der Waals surface area contributed by atoms with Gasteiger partial charge in [0, 0.05) is 6.54 Å². The molecule has 0 radical (unpaired) electrons. The van der Waals surface area contributed by atoms with E-state index in [1.165, 1.54) is 0 Å². The number of carbonyl (C=O) groups is 2. The molecule has 6 nitrogen and oxygen atoms in total. The van der Waals surface area contributed by atoms with Gasteiger partial charge in [-0.1, -0.05) is 0 Å². The molecule has 0 aromatic carbocycles. The third kappa shape index (κ3) is 7.90. The third-order valence-corrected chi connectivity index (χ3v) is 1.64. The van der Waals surface area contributed by atoms with E-state index in [4.69, 9.17) is 10.5 Å². The van der Waals surface area contributed by atoms with Crippen molar-refractivity contribution in [2.45, 2.75) is 32.9 Å². The fourth-order valence-electron chi connectivity index (χ4n) is 0.892. The Labute approximate surface area is 89.5 Å². The zero-order valence-electron chi connectivity index (χ0n) is 9.37. The predicted octanol–water partition coefficient (Wildman–Crippen LogP) is -0.416. The number of nitrogens with one attached hydrogen (secondary N) is 2. The SMILES string of the molecule is CC(C)OCCNC(C)C(=O)NC(N)=O. The van der Waals surface area contributed by atoms with E-state index >= 15 is 0 Å². The lowest BCUT2D eigenvalue weighted by molar-refractivity contribution is -0.121. The third-order valence-electron chi connectivity index (χ3n) is 1.64. The van der Waals surface area contributed by atoms with E-state index in [2.05, 4.69) is 5.32 Å². The summed E-state index contributed by atoms with van der Waals surface area (Å²) < 4.78 is 5.27. The van der Waals surface area contributed by atoms with E-state index < -0.39 is 18.0 Å². The highest BCUT2D eigenvalue weighted by atomic mass is 16.5. The van der Waals surface area contributed by atoms with E-state index in [0.717, 1.165) is 0 Å². The molecule has 0 rings (SSSR count). The monoisotopic (exact) mass is 217 g/mol. The van der Waals surface area contributed by atoms with Crippen molar-refractivity contribution in [2.75, 3.05) is 13.2 Å². The number of urea groups is 1. The maximum Gasteiger partial charge on any atom is 0.318 e. The van der Waals surface area contributed by atoms with Crippen molar-refractivity contribution in [3.63, 3.8) is 0 Å². The minimum Gasteiger partial charge on any atom is -0.377 e. The average Bonchev–Trinajstić information content (AvgIpc) is 2.10. The normalized spacial score (nSPS) is 12.5. The van der Waals surface area contributed by atoms with Crippen molar-refractivity contribution < 1.29 is 14.3 Å². The average molecular weight is 217 g/mol. The standard InChI is InChI=1S/C9H19N3O3/c1-6(2)15-5-4-11-7(3)8(13)12-9(10)14/h6-7,11H,4-5H2,1-3H3,(H3,10,12,13,14). The molecule has 15 heavy (non-hydrogen) atoms. The van der Waals surface area contributed by atoms with Crippen LogP contribution in [0.5, 0.6) is 0 Å². The Morgan fingerprint density at radius 1 is 1.33 bits per heavy atom. The van der Waals surface area contributed by atoms with Crippen LogP contribution in [0.25, 0.3) is 0 Å². The maximum atomic E-state index is 11.2. The zero-order valence-corrected chi connectivity index (χ0v) is 9.37. The van der Waals surface area contributed by atoms with Gasteiger partial charge in [0.05, 0.1) is 18.8 Å². The molecular formula is C9H19N3O3. The van der Waals surface area contributed by atoms with Gasteiger partial charge in [-0.05, 0) is 20.8 Å². The van der Waals surface area contributed by atoms with Gasteiger partial charge in [0.15, 0.2) is 0 Å². The number of imide groups is 1.